The van der Waals surface area contributed by atoms with Crippen LogP contribution in [0.5, 0.6) is 5.75 Å². The van der Waals surface area contributed by atoms with Crippen molar-refractivity contribution in [3.05, 3.63) is 77.1 Å². The molecule has 0 saturated heterocycles. The second kappa shape index (κ2) is 14.4. The third-order valence-electron chi connectivity index (χ3n) is 7.35. The van der Waals surface area contributed by atoms with Crippen molar-refractivity contribution in [3.8, 4) is 5.75 Å². The second-order valence-corrected chi connectivity index (χ2v) is 10.2. The third-order valence-corrected chi connectivity index (χ3v) is 7.35. The van der Waals surface area contributed by atoms with Crippen LogP contribution in [-0.2, 0) is 22.1 Å². The number of benzene rings is 2. The average molecular weight is 533 g/mol. The van der Waals surface area contributed by atoms with Crippen molar-refractivity contribution in [2.45, 2.75) is 83.2 Å². The van der Waals surface area contributed by atoms with E-state index in [-0.39, 0.29) is 29.9 Å². The van der Waals surface area contributed by atoms with Crippen molar-refractivity contribution in [3.63, 3.8) is 0 Å². The SMILES string of the molecule is C=C(CO)C(=O)OCCCc1ccc(OC(F)(F)c2ccc(C3CCC(CCCCC)CC3)cc2)cc1F. The number of hydrogen-bond acceptors (Lipinski definition) is 4. The summed E-state index contributed by atoms with van der Waals surface area (Å²) in [5.41, 5.74) is 1.04. The molecule has 38 heavy (non-hydrogen) atoms. The van der Waals surface area contributed by atoms with E-state index in [1.54, 1.807) is 12.1 Å². The molecule has 0 spiro atoms. The van der Waals surface area contributed by atoms with Gasteiger partial charge in [-0.15, -0.1) is 0 Å². The van der Waals surface area contributed by atoms with Gasteiger partial charge < -0.3 is 14.6 Å². The predicted octanol–water partition coefficient (Wildman–Crippen LogP) is 7.83. The first-order chi connectivity index (χ1) is 18.2. The van der Waals surface area contributed by atoms with Crippen LogP contribution in [0.1, 0.15) is 87.3 Å². The summed E-state index contributed by atoms with van der Waals surface area (Å²) in [5.74, 6) is -0.467. The quantitative estimate of drug-likeness (QED) is 0.153. The van der Waals surface area contributed by atoms with Crippen molar-refractivity contribution >= 4 is 5.97 Å². The summed E-state index contributed by atoms with van der Waals surface area (Å²) < 4.78 is 54.0. The average Bonchev–Trinajstić information content (AvgIpc) is 2.92. The van der Waals surface area contributed by atoms with Gasteiger partial charge in [0, 0.05) is 6.07 Å². The molecule has 0 bridgehead atoms. The summed E-state index contributed by atoms with van der Waals surface area (Å²) in [6, 6.07) is 9.97. The third kappa shape index (κ3) is 8.62. The molecule has 1 aliphatic carbocycles. The minimum Gasteiger partial charge on any atom is -0.462 e. The van der Waals surface area contributed by atoms with Gasteiger partial charge in [0.2, 0.25) is 0 Å². The van der Waals surface area contributed by atoms with E-state index < -0.39 is 24.5 Å². The van der Waals surface area contributed by atoms with Crippen LogP contribution in [0.4, 0.5) is 13.2 Å². The Morgan fingerprint density at radius 3 is 2.39 bits per heavy atom. The molecule has 0 aliphatic heterocycles. The highest BCUT2D eigenvalue weighted by atomic mass is 19.3. The van der Waals surface area contributed by atoms with E-state index in [0.29, 0.717) is 17.9 Å². The van der Waals surface area contributed by atoms with Gasteiger partial charge >= 0.3 is 12.1 Å². The molecule has 3 rings (SSSR count). The van der Waals surface area contributed by atoms with Crippen molar-refractivity contribution in [1.82, 2.24) is 0 Å². The molecule has 1 saturated carbocycles. The number of ether oxygens (including phenoxy) is 2. The Bertz CT molecular complexity index is 1040. The Hall–Kier alpha value is -2.80. The molecule has 7 heteroatoms. The molecule has 208 valence electrons. The van der Waals surface area contributed by atoms with Crippen LogP contribution in [0.3, 0.4) is 0 Å². The molecule has 0 unspecified atom stereocenters. The lowest BCUT2D eigenvalue weighted by molar-refractivity contribution is -0.185. The Kier molecular flexibility index (Phi) is 11.3. The van der Waals surface area contributed by atoms with Gasteiger partial charge in [0.05, 0.1) is 24.4 Å². The topological polar surface area (TPSA) is 55.8 Å². The van der Waals surface area contributed by atoms with Crippen LogP contribution in [0.15, 0.2) is 54.6 Å². The first-order valence-electron chi connectivity index (χ1n) is 13.6. The number of esters is 1. The fourth-order valence-electron chi connectivity index (χ4n) is 5.01. The van der Waals surface area contributed by atoms with E-state index in [9.17, 15) is 18.0 Å². The fourth-order valence-corrected chi connectivity index (χ4v) is 5.01. The first kappa shape index (κ1) is 29.8. The van der Waals surface area contributed by atoms with Gasteiger partial charge in [-0.25, -0.2) is 9.18 Å². The number of carbonyl (C=O) groups is 1. The lowest BCUT2D eigenvalue weighted by Gasteiger charge is -2.29. The van der Waals surface area contributed by atoms with Gasteiger partial charge in [-0.3, -0.25) is 0 Å². The maximum absolute atomic E-state index is 14.8. The van der Waals surface area contributed by atoms with Crippen LogP contribution in [0, 0.1) is 11.7 Å². The van der Waals surface area contributed by atoms with E-state index in [2.05, 4.69) is 13.5 Å². The Morgan fingerprint density at radius 1 is 1.05 bits per heavy atom. The highest BCUT2D eigenvalue weighted by Crippen LogP contribution is 2.39. The largest absolute Gasteiger partial charge is 0.462 e. The second-order valence-electron chi connectivity index (χ2n) is 10.2. The van der Waals surface area contributed by atoms with E-state index in [1.807, 2.05) is 0 Å². The minimum absolute atomic E-state index is 0.0179. The summed E-state index contributed by atoms with van der Waals surface area (Å²) in [7, 11) is 0. The number of alkyl halides is 2. The van der Waals surface area contributed by atoms with Crippen molar-refractivity contribution in [1.29, 1.82) is 0 Å². The number of aliphatic hydroxyl groups excluding tert-OH is 1. The molecule has 1 fully saturated rings. The molecule has 2 aromatic rings. The van der Waals surface area contributed by atoms with Gasteiger partial charge in [-0.1, -0.05) is 57.4 Å². The van der Waals surface area contributed by atoms with E-state index >= 15 is 0 Å². The Balaban J connectivity index is 1.50. The summed E-state index contributed by atoms with van der Waals surface area (Å²) in [4.78, 5) is 11.5. The summed E-state index contributed by atoms with van der Waals surface area (Å²) >= 11 is 0. The highest BCUT2D eigenvalue weighted by Gasteiger charge is 2.35. The zero-order valence-corrected chi connectivity index (χ0v) is 22.2. The molecule has 0 amide bonds. The van der Waals surface area contributed by atoms with E-state index in [0.717, 1.165) is 30.4 Å². The highest BCUT2D eigenvalue weighted by molar-refractivity contribution is 5.87. The molecule has 1 N–H and O–H groups in total. The number of carbonyl (C=O) groups excluding carboxylic acids is 1. The summed E-state index contributed by atoms with van der Waals surface area (Å²) in [6.07, 6.45) is 6.65. The molecule has 1 aliphatic rings. The number of halogens is 3. The van der Waals surface area contributed by atoms with Gasteiger partial charge in [0.1, 0.15) is 11.6 Å². The Labute approximate surface area is 223 Å². The molecular weight excluding hydrogens is 493 g/mol. The van der Waals surface area contributed by atoms with Crippen molar-refractivity contribution < 1.29 is 32.5 Å². The molecule has 4 nitrogen and oxygen atoms in total. The lowest BCUT2D eigenvalue weighted by atomic mass is 9.77. The van der Waals surface area contributed by atoms with E-state index in [4.69, 9.17) is 14.6 Å². The zero-order chi connectivity index (χ0) is 27.5. The minimum atomic E-state index is -3.60. The number of hydrogen-bond donors (Lipinski definition) is 1. The summed E-state index contributed by atoms with van der Waals surface area (Å²) in [6.45, 7) is 5.10. The van der Waals surface area contributed by atoms with Gasteiger partial charge in [-0.2, -0.15) is 8.78 Å². The van der Waals surface area contributed by atoms with Crippen LogP contribution in [-0.4, -0.2) is 24.3 Å². The molecule has 0 aromatic heterocycles. The van der Waals surface area contributed by atoms with Crippen LogP contribution in [0.2, 0.25) is 0 Å². The maximum Gasteiger partial charge on any atom is 0.426 e. The number of aryl methyl sites for hydroxylation is 1. The predicted molar refractivity (Wildman–Crippen MR) is 142 cm³/mol. The van der Waals surface area contributed by atoms with E-state index in [1.165, 1.54) is 62.8 Å². The Morgan fingerprint density at radius 2 is 1.76 bits per heavy atom. The monoisotopic (exact) mass is 532 g/mol. The normalized spacial score (nSPS) is 17.7. The lowest BCUT2D eigenvalue weighted by Crippen LogP contribution is -2.22. The fraction of sp³-hybridized carbons (Fsp3) is 0.516. The number of rotatable bonds is 14. The number of aliphatic hydroxyl groups is 1. The molecule has 0 heterocycles. The smallest absolute Gasteiger partial charge is 0.426 e. The van der Waals surface area contributed by atoms with Crippen molar-refractivity contribution in [2.75, 3.05) is 13.2 Å². The van der Waals surface area contributed by atoms with Gasteiger partial charge in [-0.05, 0) is 79.7 Å². The maximum atomic E-state index is 14.8. The van der Waals surface area contributed by atoms with Crippen LogP contribution in [0.25, 0.3) is 0 Å². The van der Waals surface area contributed by atoms with Crippen molar-refractivity contribution in [2.24, 2.45) is 5.92 Å². The summed E-state index contributed by atoms with van der Waals surface area (Å²) in [5, 5.41) is 8.84. The van der Waals surface area contributed by atoms with Crippen LogP contribution >= 0.6 is 0 Å². The number of unbranched alkanes of at least 4 members (excludes halogenated alkanes) is 2. The standard InChI is InChI=1S/C31H39F3O4/c1-3-4-5-7-23-9-11-24(12-10-23)25-13-16-27(17-14-25)31(33,34)38-28-18-15-26(29(32)20-28)8-6-19-37-30(36)22(2)21-35/h13-18,20,23-24,35H,2-12,19,21H2,1H3. The van der Waals surface area contributed by atoms with Crippen LogP contribution < -0.4 is 4.74 Å². The molecule has 2 aromatic carbocycles. The molecular formula is C31H39F3O4. The zero-order valence-electron chi connectivity index (χ0n) is 22.2. The first-order valence-corrected chi connectivity index (χ1v) is 13.6. The molecule has 0 atom stereocenters. The van der Waals surface area contributed by atoms with Gasteiger partial charge in [0.15, 0.2) is 0 Å². The molecule has 0 radical (unpaired) electrons. The van der Waals surface area contributed by atoms with Gasteiger partial charge in [0.25, 0.3) is 0 Å².